The van der Waals surface area contributed by atoms with Crippen LogP contribution in [0, 0.1) is 0 Å². The van der Waals surface area contributed by atoms with Crippen LogP contribution in [0.1, 0.15) is 51.9 Å². The predicted octanol–water partition coefficient (Wildman–Crippen LogP) is 1.60. The molecule has 0 aromatic carbocycles. The van der Waals surface area contributed by atoms with E-state index in [-0.39, 0.29) is 6.04 Å². The van der Waals surface area contributed by atoms with E-state index in [9.17, 15) is 4.79 Å². The summed E-state index contributed by atoms with van der Waals surface area (Å²) in [5.74, 6) is 0.323. The Labute approximate surface area is 122 Å². The highest BCUT2D eigenvalue weighted by molar-refractivity contribution is 5.81. The lowest BCUT2D eigenvalue weighted by Gasteiger charge is -2.28. The van der Waals surface area contributed by atoms with Crippen LogP contribution in [0.2, 0.25) is 0 Å². The van der Waals surface area contributed by atoms with Gasteiger partial charge < -0.3 is 10.2 Å². The van der Waals surface area contributed by atoms with Crippen molar-refractivity contribution < 1.29 is 4.79 Å². The Kier molecular flexibility index (Phi) is 4.61. The first-order valence-corrected chi connectivity index (χ1v) is 8.54. The fourth-order valence-corrected chi connectivity index (χ4v) is 4.23. The number of likely N-dealkylation sites (tertiary alicyclic amines) is 1. The molecule has 3 fully saturated rings. The monoisotopic (exact) mass is 279 g/mol. The summed E-state index contributed by atoms with van der Waals surface area (Å²) in [7, 11) is 0. The number of hydrogen-bond donors (Lipinski definition) is 1. The fraction of sp³-hybridized carbons (Fsp3) is 0.938. The molecule has 0 aromatic rings. The average Bonchev–Trinajstić information content (AvgIpc) is 2.94. The molecule has 4 nitrogen and oxygen atoms in total. The zero-order valence-electron chi connectivity index (χ0n) is 12.8. The normalized spacial score (nSPS) is 33.0. The third kappa shape index (κ3) is 3.01. The largest absolute Gasteiger partial charge is 0.341 e. The minimum atomic E-state index is -0.0151. The molecule has 3 heterocycles. The Morgan fingerprint density at radius 3 is 2.50 bits per heavy atom. The molecule has 114 valence electrons. The molecule has 3 atom stereocenters. The van der Waals surface area contributed by atoms with Crippen molar-refractivity contribution >= 4 is 5.91 Å². The summed E-state index contributed by atoms with van der Waals surface area (Å²) in [6.07, 6.45) is 8.77. The van der Waals surface area contributed by atoms with Gasteiger partial charge in [0.25, 0.3) is 0 Å². The van der Waals surface area contributed by atoms with Crippen LogP contribution in [0.5, 0.6) is 0 Å². The number of carbonyl (C=O) groups is 1. The molecule has 0 radical (unpaired) electrons. The van der Waals surface area contributed by atoms with Crippen molar-refractivity contribution in [1.29, 1.82) is 0 Å². The van der Waals surface area contributed by atoms with Crippen molar-refractivity contribution in [3.63, 3.8) is 0 Å². The van der Waals surface area contributed by atoms with Gasteiger partial charge >= 0.3 is 0 Å². The molecule has 0 aromatic heterocycles. The predicted molar refractivity (Wildman–Crippen MR) is 80.6 cm³/mol. The van der Waals surface area contributed by atoms with Crippen molar-refractivity contribution in [2.24, 2.45) is 0 Å². The number of nitrogens with one attached hydrogen (secondary N) is 1. The summed E-state index contributed by atoms with van der Waals surface area (Å²) in [6, 6.07) is 1.21. The topological polar surface area (TPSA) is 35.6 Å². The molecule has 1 amide bonds. The van der Waals surface area contributed by atoms with E-state index in [0.717, 1.165) is 13.1 Å². The summed E-state index contributed by atoms with van der Waals surface area (Å²) in [4.78, 5) is 17.3. The molecule has 3 saturated heterocycles. The van der Waals surface area contributed by atoms with Gasteiger partial charge in [0, 0.05) is 31.7 Å². The molecule has 20 heavy (non-hydrogen) atoms. The summed E-state index contributed by atoms with van der Waals surface area (Å²) < 4.78 is 0. The smallest absolute Gasteiger partial charge is 0.239 e. The van der Waals surface area contributed by atoms with Crippen LogP contribution in [0.4, 0.5) is 0 Å². The van der Waals surface area contributed by atoms with Crippen molar-refractivity contribution in [2.45, 2.75) is 70.0 Å². The van der Waals surface area contributed by atoms with Gasteiger partial charge in [0.05, 0.1) is 6.04 Å². The van der Waals surface area contributed by atoms with E-state index in [4.69, 9.17) is 0 Å². The van der Waals surface area contributed by atoms with E-state index in [0.29, 0.717) is 18.0 Å². The molecule has 3 unspecified atom stereocenters. The Hall–Kier alpha value is -0.610. The van der Waals surface area contributed by atoms with Crippen LogP contribution in [-0.4, -0.2) is 60.0 Å². The highest BCUT2D eigenvalue weighted by Crippen LogP contribution is 2.28. The van der Waals surface area contributed by atoms with E-state index in [2.05, 4.69) is 22.0 Å². The molecule has 0 aliphatic carbocycles. The Morgan fingerprint density at radius 1 is 1.00 bits per heavy atom. The van der Waals surface area contributed by atoms with Gasteiger partial charge in [-0.1, -0.05) is 12.8 Å². The minimum absolute atomic E-state index is 0.0151. The average molecular weight is 279 g/mol. The quantitative estimate of drug-likeness (QED) is 0.852. The second-order valence-corrected chi connectivity index (χ2v) is 6.77. The van der Waals surface area contributed by atoms with Gasteiger partial charge in [-0.05, 0) is 45.6 Å². The number of fused-ring (bicyclic) bond motifs is 1. The highest BCUT2D eigenvalue weighted by atomic mass is 16.2. The summed E-state index contributed by atoms with van der Waals surface area (Å²) in [5, 5.41) is 3.63. The second-order valence-electron chi connectivity index (χ2n) is 6.77. The molecular formula is C16H29N3O. The van der Waals surface area contributed by atoms with Crippen LogP contribution >= 0.6 is 0 Å². The van der Waals surface area contributed by atoms with Crippen LogP contribution < -0.4 is 5.32 Å². The van der Waals surface area contributed by atoms with E-state index in [1.54, 1.807) is 0 Å². The van der Waals surface area contributed by atoms with E-state index in [1.807, 2.05) is 0 Å². The maximum atomic E-state index is 12.6. The lowest BCUT2D eigenvalue weighted by atomic mass is 10.1. The van der Waals surface area contributed by atoms with Crippen LogP contribution in [-0.2, 0) is 4.79 Å². The third-order valence-electron chi connectivity index (χ3n) is 5.36. The van der Waals surface area contributed by atoms with Crippen LogP contribution in [0.25, 0.3) is 0 Å². The lowest BCUT2D eigenvalue weighted by molar-refractivity contribution is -0.133. The number of rotatable bonds is 3. The van der Waals surface area contributed by atoms with E-state index in [1.165, 1.54) is 58.0 Å². The van der Waals surface area contributed by atoms with Crippen molar-refractivity contribution in [2.75, 3.05) is 26.2 Å². The zero-order chi connectivity index (χ0) is 13.9. The van der Waals surface area contributed by atoms with Crippen LogP contribution in [0.15, 0.2) is 0 Å². The van der Waals surface area contributed by atoms with Gasteiger partial charge in [-0.25, -0.2) is 0 Å². The van der Waals surface area contributed by atoms with Gasteiger partial charge in [0.15, 0.2) is 0 Å². The van der Waals surface area contributed by atoms with Gasteiger partial charge in [-0.2, -0.15) is 0 Å². The number of hydrogen-bond acceptors (Lipinski definition) is 3. The maximum Gasteiger partial charge on any atom is 0.239 e. The minimum Gasteiger partial charge on any atom is -0.341 e. The summed E-state index contributed by atoms with van der Waals surface area (Å²) in [5.41, 5.74) is 0. The van der Waals surface area contributed by atoms with Crippen molar-refractivity contribution in [3.8, 4) is 0 Å². The number of nitrogens with zero attached hydrogens (tertiary/aromatic N) is 2. The van der Waals surface area contributed by atoms with Gasteiger partial charge in [-0.3, -0.25) is 9.69 Å². The summed E-state index contributed by atoms with van der Waals surface area (Å²) >= 11 is 0. The van der Waals surface area contributed by atoms with Crippen molar-refractivity contribution in [1.82, 2.24) is 15.1 Å². The highest BCUT2D eigenvalue weighted by Gasteiger charge is 2.38. The van der Waals surface area contributed by atoms with E-state index < -0.39 is 0 Å². The van der Waals surface area contributed by atoms with Crippen LogP contribution in [0.3, 0.4) is 0 Å². The molecule has 0 spiro atoms. The lowest BCUT2D eigenvalue weighted by Crippen LogP contribution is -2.51. The first kappa shape index (κ1) is 14.3. The van der Waals surface area contributed by atoms with E-state index >= 15 is 0 Å². The molecule has 0 saturated carbocycles. The SMILES string of the molecule is CC(NC1CCN2CCCC12)C(=O)N1CCCCCC1. The van der Waals surface area contributed by atoms with Crippen molar-refractivity contribution in [3.05, 3.63) is 0 Å². The molecule has 0 bridgehead atoms. The maximum absolute atomic E-state index is 12.6. The molecule has 3 aliphatic heterocycles. The summed E-state index contributed by atoms with van der Waals surface area (Å²) in [6.45, 7) is 6.46. The molecule has 3 rings (SSSR count). The third-order valence-corrected chi connectivity index (χ3v) is 5.36. The zero-order valence-corrected chi connectivity index (χ0v) is 12.8. The molecule has 1 N–H and O–H groups in total. The standard InChI is InChI=1S/C16H29N3O/c1-13(16(20)19-9-4-2-3-5-10-19)17-14-8-12-18-11-6-7-15(14)18/h13-15,17H,2-12H2,1H3. The molecule has 4 heteroatoms. The first-order chi connectivity index (χ1) is 9.75. The van der Waals surface area contributed by atoms with Gasteiger partial charge in [0.1, 0.15) is 0 Å². The number of amides is 1. The fourth-order valence-electron chi connectivity index (χ4n) is 4.23. The Morgan fingerprint density at radius 2 is 1.75 bits per heavy atom. The Bertz CT molecular complexity index is 339. The molecular weight excluding hydrogens is 250 g/mol. The van der Waals surface area contributed by atoms with Gasteiger partial charge in [-0.15, -0.1) is 0 Å². The first-order valence-electron chi connectivity index (χ1n) is 8.54. The number of carbonyl (C=O) groups excluding carboxylic acids is 1. The molecule has 3 aliphatic rings. The van der Waals surface area contributed by atoms with Gasteiger partial charge in [0.2, 0.25) is 5.91 Å². The Balaban J connectivity index is 1.52. The second kappa shape index (κ2) is 6.44.